The molecule has 0 aliphatic carbocycles. The average Bonchev–Trinajstić information content (AvgIpc) is 2.58. The van der Waals surface area contributed by atoms with E-state index in [-0.39, 0.29) is 0 Å². The first-order valence-electron chi connectivity index (χ1n) is 9.34. The van der Waals surface area contributed by atoms with E-state index in [4.69, 9.17) is 5.11 Å². The van der Waals surface area contributed by atoms with Crippen LogP contribution in [0.2, 0.25) is 0 Å². The van der Waals surface area contributed by atoms with Gasteiger partial charge >= 0.3 is 0 Å². The maximum Gasteiger partial charge on any atom is 0.0823 e. The van der Waals surface area contributed by atoms with Gasteiger partial charge in [-0.2, -0.15) is 0 Å². The molecular formula is C22H36O. The van der Waals surface area contributed by atoms with Crippen LogP contribution in [0.3, 0.4) is 0 Å². The summed E-state index contributed by atoms with van der Waals surface area (Å²) in [6.07, 6.45) is 30.6. The Kier molecular flexibility index (Phi) is 17.3. The second kappa shape index (κ2) is 18.5. The van der Waals surface area contributed by atoms with Crippen molar-refractivity contribution >= 4 is 0 Å². The van der Waals surface area contributed by atoms with Gasteiger partial charge < -0.3 is 5.11 Å². The van der Waals surface area contributed by atoms with Crippen LogP contribution in [-0.4, -0.2) is 5.11 Å². The zero-order valence-electron chi connectivity index (χ0n) is 15.2. The molecule has 0 atom stereocenters. The average molecular weight is 317 g/mol. The molecule has 0 radical (unpaired) electrons. The highest BCUT2D eigenvalue weighted by Crippen LogP contribution is 2.09. The number of allylic oxidation sites excluding steroid dienone is 9. The van der Waals surface area contributed by atoms with E-state index in [0.717, 1.165) is 18.3 Å². The lowest BCUT2D eigenvalue weighted by Crippen LogP contribution is -1.79. The second-order valence-electron chi connectivity index (χ2n) is 5.88. The molecule has 0 aromatic carbocycles. The van der Waals surface area contributed by atoms with Gasteiger partial charge in [-0.25, -0.2) is 0 Å². The SMILES string of the molecule is CCCCCCCCCC/C=C/C=C\C=C\C=C\C(=C\O)CC. The predicted molar refractivity (Wildman–Crippen MR) is 105 cm³/mol. The summed E-state index contributed by atoms with van der Waals surface area (Å²) >= 11 is 0. The van der Waals surface area contributed by atoms with Crippen LogP contribution in [-0.2, 0) is 0 Å². The van der Waals surface area contributed by atoms with Crippen LogP contribution in [0.1, 0.15) is 78.1 Å². The first-order valence-corrected chi connectivity index (χ1v) is 9.34. The quantitative estimate of drug-likeness (QED) is 0.199. The van der Waals surface area contributed by atoms with Gasteiger partial charge in [0, 0.05) is 0 Å². The highest BCUT2D eigenvalue weighted by atomic mass is 16.2. The van der Waals surface area contributed by atoms with Crippen molar-refractivity contribution in [2.45, 2.75) is 78.1 Å². The minimum absolute atomic E-state index is 0.845. The first-order chi connectivity index (χ1) is 11.3. The standard InChI is InChI=1S/C22H36O/c1-3-5-6-7-8-9-10-11-12-13-14-15-16-17-18-19-20-22(4-2)21-23/h13-21,23H,3-12H2,1-2H3/b14-13+,16-15-,18-17+,20-19+,22-21+. The number of rotatable bonds is 14. The summed E-state index contributed by atoms with van der Waals surface area (Å²) in [5.41, 5.74) is 0.934. The highest BCUT2D eigenvalue weighted by molar-refractivity contribution is 5.22. The van der Waals surface area contributed by atoms with Crippen LogP contribution in [0.4, 0.5) is 0 Å². The molecule has 0 bridgehead atoms. The zero-order valence-corrected chi connectivity index (χ0v) is 15.2. The topological polar surface area (TPSA) is 20.2 Å². The van der Waals surface area contributed by atoms with Gasteiger partial charge in [0.2, 0.25) is 0 Å². The van der Waals surface area contributed by atoms with Crippen molar-refractivity contribution in [2.75, 3.05) is 0 Å². The summed E-state index contributed by atoms with van der Waals surface area (Å²) in [6, 6.07) is 0. The number of hydrogen-bond donors (Lipinski definition) is 1. The molecule has 1 heteroatoms. The first kappa shape index (κ1) is 21.5. The number of unbranched alkanes of at least 4 members (excludes halogenated alkanes) is 8. The molecule has 23 heavy (non-hydrogen) atoms. The Morgan fingerprint density at radius 2 is 1.26 bits per heavy atom. The fourth-order valence-electron chi connectivity index (χ4n) is 2.26. The van der Waals surface area contributed by atoms with Crippen LogP contribution in [0, 0.1) is 0 Å². The lowest BCUT2D eigenvalue weighted by molar-refractivity contribution is 0.467. The molecule has 0 aromatic heterocycles. The smallest absolute Gasteiger partial charge is 0.0823 e. The minimum Gasteiger partial charge on any atom is -0.515 e. The number of aliphatic hydroxyl groups excluding tert-OH is 1. The van der Waals surface area contributed by atoms with E-state index in [0.29, 0.717) is 0 Å². The van der Waals surface area contributed by atoms with Crippen molar-refractivity contribution in [2.24, 2.45) is 0 Å². The van der Waals surface area contributed by atoms with E-state index in [1.165, 1.54) is 57.8 Å². The van der Waals surface area contributed by atoms with Crippen molar-refractivity contribution in [1.29, 1.82) is 0 Å². The van der Waals surface area contributed by atoms with Gasteiger partial charge in [0.25, 0.3) is 0 Å². The lowest BCUT2D eigenvalue weighted by Gasteiger charge is -1.99. The Morgan fingerprint density at radius 3 is 1.87 bits per heavy atom. The van der Waals surface area contributed by atoms with Crippen LogP contribution in [0.15, 0.2) is 60.4 Å². The monoisotopic (exact) mass is 316 g/mol. The maximum absolute atomic E-state index is 8.89. The highest BCUT2D eigenvalue weighted by Gasteiger charge is 1.89. The molecule has 0 unspecified atom stereocenters. The molecule has 0 spiro atoms. The molecule has 0 amide bonds. The minimum atomic E-state index is 0.845. The normalized spacial score (nSPS) is 13.4. The molecule has 0 aliphatic heterocycles. The van der Waals surface area contributed by atoms with E-state index in [9.17, 15) is 0 Å². The predicted octanol–water partition coefficient (Wildman–Crippen LogP) is 7.59. The molecule has 1 N–H and O–H groups in total. The Bertz CT molecular complexity index is 383. The largest absolute Gasteiger partial charge is 0.515 e. The molecule has 0 aromatic rings. The van der Waals surface area contributed by atoms with Gasteiger partial charge in [0.05, 0.1) is 6.26 Å². The Morgan fingerprint density at radius 1 is 0.696 bits per heavy atom. The van der Waals surface area contributed by atoms with Gasteiger partial charge in [0.1, 0.15) is 0 Å². The molecule has 0 aliphatic rings. The molecule has 1 nitrogen and oxygen atoms in total. The number of hydrogen-bond acceptors (Lipinski definition) is 1. The van der Waals surface area contributed by atoms with Crippen molar-refractivity contribution in [1.82, 2.24) is 0 Å². The Labute approximate surface area is 144 Å². The van der Waals surface area contributed by atoms with Crippen LogP contribution < -0.4 is 0 Å². The summed E-state index contributed by atoms with van der Waals surface area (Å²) in [4.78, 5) is 0. The fraction of sp³-hybridized carbons (Fsp3) is 0.545. The van der Waals surface area contributed by atoms with Gasteiger partial charge in [0.15, 0.2) is 0 Å². The van der Waals surface area contributed by atoms with Crippen LogP contribution in [0.5, 0.6) is 0 Å². The summed E-state index contributed by atoms with van der Waals surface area (Å²) in [7, 11) is 0. The van der Waals surface area contributed by atoms with Crippen molar-refractivity contribution in [3.63, 3.8) is 0 Å². The van der Waals surface area contributed by atoms with E-state index in [1.54, 1.807) is 0 Å². The molecule has 0 rings (SSSR count). The van der Waals surface area contributed by atoms with E-state index in [2.05, 4.69) is 25.2 Å². The third-order valence-corrected chi connectivity index (χ3v) is 3.80. The van der Waals surface area contributed by atoms with E-state index < -0.39 is 0 Å². The third kappa shape index (κ3) is 16.7. The summed E-state index contributed by atoms with van der Waals surface area (Å²) in [6.45, 7) is 4.29. The Balaban J connectivity index is 3.52. The second-order valence-corrected chi connectivity index (χ2v) is 5.88. The molecular weight excluding hydrogens is 280 g/mol. The summed E-state index contributed by atoms with van der Waals surface area (Å²) in [5, 5.41) is 8.89. The molecule has 130 valence electrons. The van der Waals surface area contributed by atoms with Crippen molar-refractivity contribution in [3.8, 4) is 0 Å². The van der Waals surface area contributed by atoms with Crippen molar-refractivity contribution in [3.05, 3.63) is 60.4 Å². The van der Waals surface area contributed by atoms with Gasteiger partial charge in [-0.05, 0) is 24.8 Å². The molecule has 0 fully saturated rings. The zero-order chi connectivity index (χ0) is 17.0. The van der Waals surface area contributed by atoms with E-state index in [1.807, 2.05) is 37.3 Å². The van der Waals surface area contributed by atoms with Gasteiger partial charge in [-0.15, -0.1) is 0 Å². The van der Waals surface area contributed by atoms with Gasteiger partial charge in [-0.3, -0.25) is 0 Å². The molecule has 0 heterocycles. The summed E-state index contributed by atoms with van der Waals surface area (Å²) in [5.74, 6) is 0. The molecule has 0 saturated heterocycles. The fourth-order valence-corrected chi connectivity index (χ4v) is 2.26. The number of aliphatic hydroxyl groups is 1. The Hall–Kier alpha value is -1.50. The molecule has 0 saturated carbocycles. The van der Waals surface area contributed by atoms with Crippen molar-refractivity contribution < 1.29 is 5.11 Å². The van der Waals surface area contributed by atoms with Crippen LogP contribution in [0.25, 0.3) is 0 Å². The van der Waals surface area contributed by atoms with Crippen LogP contribution >= 0.6 is 0 Å². The van der Waals surface area contributed by atoms with Gasteiger partial charge in [-0.1, -0.05) is 107 Å². The summed E-state index contributed by atoms with van der Waals surface area (Å²) < 4.78 is 0. The van der Waals surface area contributed by atoms with E-state index >= 15 is 0 Å². The maximum atomic E-state index is 8.89. The lowest BCUT2D eigenvalue weighted by atomic mass is 10.1. The third-order valence-electron chi connectivity index (χ3n) is 3.80.